The van der Waals surface area contributed by atoms with Crippen LogP contribution < -0.4 is 10.9 Å². The lowest BCUT2D eigenvalue weighted by atomic mass is 9.87. The lowest BCUT2D eigenvalue weighted by Crippen LogP contribution is -2.33. The van der Waals surface area contributed by atoms with Gasteiger partial charge in [-0.2, -0.15) is 5.10 Å². The number of nitrogens with zero attached hydrogens (tertiary/aromatic N) is 3. The molecule has 0 aromatic carbocycles. The molecule has 1 N–H and O–H groups in total. The van der Waals surface area contributed by atoms with Crippen molar-refractivity contribution in [2.45, 2.75) is 52.0 Å². The van der Waals surface area contributed by atoms with Gasteiger partial charge in [-0.3, -0.25) is 9.59 Å². The Balaban J connectivity index is 1.40. The second kappa shape index (κ2) is 9.66. The molecule has 6 nitrogen and oxygen atoms in total. The van der Waals surface area contributed by atoms with Gasteiger partial charge in [-0.1, -0.05) is 25.3 Å². The molecule has 0 spiro atoms. The van der Waals surface area contributed by atoms with Gasteiger partial charge in [-0.05, 0) is 43.2 Å². The third-order valence-corrected chi connectivity index (χ3v) is 7.69. The Morgan fingerprint density at radius 1 is 1.23 bits per heavy atom. The molecule has 3 heterocycles. The normalized spacial score (nSPS) is 14.7. The van der Waals surface area contributed by atoms with Crippen LogP contribution in [0.5, 0.6) is 0 Å². The first kappa shape index (κ1) is 20.9. The van der Waals surface area contributed by atoms with Crippen molar-refractivity contribution < 1.29 is 4.79 Å². The zero-order valence-corrected chi connectivity index (χ0v) is 18.7. The van der Waals surface area contributed by atoms with Crippen LogP contribution in [0.3, 0.4) is 0 Å². The van der Waals surface area contributed by atoms with Crippen molar-refractivity contribution in [2.24, 2.45) is 5.92 Å². The first-order valence-electron chi connectivity index (χ1n) is 10.5. The molecule has 3 aromatic rings. The van der Waals surface area contributed by atoms with E-state index in [0.29, 0.717) is 25.4 Å². The van der Waals surface area contributed by atoms with Gasteiger partial charge in [0.1, 0.15) is 10.7 Å². The monoisotopic (exact) mass is 442 g/mol. The van der Waals surface area contributed by atoms with Crippen LogP contribution in [0.15, 0.2) is 34.4 Å². The van der Waals surface area contributed by atoms with Crippen molar-refractivity contribution in [3.8, 4) is 20.5 Å². The number of hydrogen-bond donors (Lipinski definition) is 1. The number of aromatic nitrogens is 3. The van der Waals surface area contributed by atoms with Gasteiger partial charge in [0.05, 0.1) is 22.0 Å². The number of amides is 1. The first-order chi connectivity index (χ1) is 14.6. The molecule has 1 amide bonds. The fraction of sp³-hybridized carbons (Fsp3) is 0.455. The zero-order chi connectivity index (χ0) is 20.9. The van der Waals surface area contributed by atoms with Crippen molar-refractivity contribution in [1.82, 2.24) is 20.1 Å². The SMILES string of the molecule is Cc1nc(-c2cccs2)sc1-c1ccc(=O)n(CCNC(=O)CC2CCCCC2)n1. The van der Waals surface area contributed by atoms with Gasteiger partial charge in [0.15, 0.2) is 0 Å². The molecule has 0 unspecified atom stereocenters. The van der Waals surface area contributed by atoms with Crippen molar-refractivity contribution in [1.29, 1.82) is 0 Å². The van der Waals surface area contributed by atoms with Crippen LogP contribution in [0.4, 0.5) is 0 Å². The smallest absolute Gasteiger partial charge is 0.266 e. The molecule has 0 aliphatic heterocycles. The second-order valence-corrected chi connectivity index (χ2v) is 9.70. The van der Waals surface area contributed by atoms with Crippen LogP contribution >= 0.6 is 22.7 Å². The molecule has 1 aliphatic carbocycles. The van der Waals surface area contributed by atoms with Crippen LogP contribution in [-0.2, 0) is 11.3 Å². The quantitative estimate of drug-likeness (QED) is 0.585. The van der Waals surface area contributed by atoms with E-state index in [4.69, 9.17) is 0 Å². The standard InChI is InChI=1S/C22H26N4O2S2/c1-15-21(30-22(24-15)18-8-5-13-29-18)17-9-10-20(28)26(25-17)12-11-23-19(27)14-16-6-3-2-4-7-16/h5,8-10,13,16H,2-4,6-7,11-12,14H2,1H3,(H,23,27). The number of aryl methyl sites for hydroxylation is 1. The average Bonchev–Trinajstić information content (AvgIpc) is 3.40. The molecule has 0 radical (unpaired) electrons. The van der Waals surface area contributed by atoms with E-state index in [1.54, 1.807) is 28.7 Å². The van der Waals surface area contributed by atoms with E-state index in [1.807, 2.05) is 18.4 Å². The molecule has 0 saturated heterocycles. The zero-order valence-electron chi connectivity index (χ0n) is 17.1. The molecule has 8 heteroatoms. The summed E-state index contributed by atoms with van der Waals surface area (Å²) in [6.45, 7) is 2.73. The molecule has 0 atom stereocenters. The summed E-state index contributed by atoms with van der Waals surface area (Å²) in [6, 6.07) is 7.35. The van der Waals surface area contributed by atoms with E-state index in [-0.39, 0.29) is 11.5 Å². The molecule has 158 valence electrons. The fourth-order valence-electron chi connectivity index (χ4n) is 3.90. The number of rotatable bonds is 7. The highest BCUT2D eigenvalue weighted by Crippen LogP contribution is 2.35. The number of thiophene rings is 1. The highest BCUT2D eigenvalue weighted by atomic mass is 32.1. The minimum absolute atomic E-state index is 0.0741. The maximum atomic E-state index is 12.2. The van der Waals surface area contributed by atoms with Crippen LogP contribution in [-0.4, -0.2) is 27.2 Å². The van der Waals surface area contributed by atoms with Crippen molar-refractivity contribution >= 4 is 28.6 Å². The number of carbonyl (C=O) groups is 1. The van der Waals surface area contributed by atoms with E-state index in [2.05, 4.69) is 21.5 Å². The van der Waals surface area contributed by atoms with Gasteiger partial charge < -0.3 is 5.32 Å². The van der Waals surface area contributed by atoms with E-state index in [1.165, 1.54) is 30.0 Å². The molecule has 1 fully saturated rings. The predicted octanol–water partition coefficient (Wildman–Crippen LogP) is 4.49. The van der Waals surface area contributed by atoms with Gasteiger partial charge in [0.25, 0.3) is 5.56 Å². The maximum Gasteiger partial charge on any atom is 0.266 e. The highest BCUT2D eigenvalue weighted by Gasteiger charge is 2.17. The van der Waals surface area contributed by atoms with Gasteiger partial charge >= 0.3 is 0 Å². The lowest BCUT2D eigenvalue weighted by Gasteiger charge is -2.20. The maximum absolute atomic E-state index is 12.2. The fourth-order valence-corrected chi connectivity index (χ4v) is 5.72. The molecule has 1 aliphatic rings. The summed E-state index contributed by atoms with van der Waals surface area (Å²) in [6.07, 6.45) is 6.64. The third-order valence-electron chi connectivity index (χ3n) is 5.47. The topological polar surface area (TPSA) is 76.9 Å². The van der Waals surface area contributed by atoms with Gasteiger partial charge in [0, 0.05) is 19.0 Å². The Bertz CT molecular complexity index is 1050. The molecular weight excluding hydrogens is 416 g/mol. The van der Waals surface area contributed by atoms with Gasteiger partial charge in [-0.25, -0.2) is 9.67 Å². The summed E-state index contributed by atoms with van der Waals surface area (Å²) in [5.41, 5.74) is 1.48. The van der Waals surface area contributed by atoms with Gasteiger partial charge in [-0.15, -0.1) is 22.7 Å². The van der Waals surface area contributed by atoms with E-state index in [9.17, 15) is 9.59 Å². The Hall–Kier alpha value is -2.32. The summed E-state index contributed by atoms with van der Waals surface area (Å²) in [5, 5.41) is 10.5. The number of carbonyl (C=O) groups excluding carboxylic acids is 1. The van der Waals surface area contributed by atoms with Gasteiger partial charge in [0.2, 0.25) is 5.91 Å². The molecule has 3 aromatic heterocycles. The van der Waals surface area contributed by atoms with Crippen LogP contribution in [0, 0.1) is 12.8 Å². The minimum atomic E-state index is -0.166. The second-order valence-electron chi connectivity index (χ2n) is 7.75. The number of hydrogen-bond acceptors (Lipinski definition) is 6. The third kappa shape index (κ3) is 5.05. The number of nitrogens with one attached hydrogen (secondary N) is 1. The Kier molecular flexibility index (Phi) is 6.74. The highest BCUT2D eigenvalue weighted by molar-refractivity contribution is 7.23. The Labute approximate surface area is 184 Å². The van der Waals surface area contributed by atoms with Crippen molar-refractivity contribution in [3.63, 3.8) is 0 Å². The summed E-state index contributed by atoms with van der Waals surface area (Å²) in [5.74, 6) is 0.583. The molecule has 4 rings (SSSR count). The van der Waals surface area contributed by atoms with Crippen LogP contribution in [0.2, 0.25) is 0 Å². The summed E-state index contributed by atoms with van der Waals surface area (Å²) >= 11 is 3.24. The van der Waals surface area contributed by atoms with E-state index < -0.39 is 0 Å². The molecule has 30 heavy (non-hydrogen) atoms. The van der Waals surface area contributed by atoms with Crippen molar-refractivity contribution in [2.75, 3.05) is 6.54 Å². The molecular formula is C22H26N4O2S2. The molecule has 1 saturated carbocycles. The van der Waals surface area contributed by atoms with Crippen LogP contribution in [0.25, 0.3) is 20.5 Å². The summed E-state index contributed by atoms with van der Waals surface area (Å²) in [4.78, 5) is 31.2. The van der Waals surface area contributed by atoms with Crippen molar-refractivity contribution in [3.05, 3.63) is 45.7 Å². The number of thiazole rings is 1. The minimum Gasteiger partial charge on any atom is -0.354 e. The molecule has 0 bridgehead atoms. The van der Waals surface area contributed by atoms with Crippen LogP contribution in [0.1, 0.15) is 44.2 Å². The Morgan fingerprint density at radius 3 is 2.83 bits per heavy atom. The van der Waals surface area contributed by atoms with E-state index in [0.717, 1.165) is 39.0 Å². The average molecular weight is 443 g/mol. The van der Waals surface area contributed by atoms with E-state index >= 15 is 0 Å². The summed E-state index contributed by atoms with van der Waals surface area (Å²) < 4.78 is 1.43. The summed E-state index contributed by atoms with van der Waals surface area (Å²) in [7, 11) is 0. The lowest BCUT2D eigenvalue weighted by molar-refractivity contribution is -0.122. The Morgan fingerprint density at radius 2 is 2.07 bits per heavy atom. The largest absolute Gasteiger partial charge is 0.354 e. The predicted molar refractivity (Wildman–Crippen MR) is 122 cm³/mol. The first-order valence-corrected chi connectivity index (χ1v) is 12.2.